The molecule has 0 saturated carbocycles. The number of hydrogen-bond acceptors (Lipinski definition) is 4. The Morgan fingerprint density at radius 3 is 3.00 bits per heavy atom. The van der Waals surface area contributed by atoms with Crippen molar-refractivity contribution in [2.75, 3.05) is 20.3 Å². The largest absolute Gasteiger partial charge is 0.497 e. The van der Waals surface area contributed by atoms with Crippen LogP contribution in [0.2, 0.25) is 0 Å². The van der Waals surface area contributed by atoms with Gasteiger partial charge in [0.05, 0.1) is 25.4 Å². The number of nitrogens with one attached hydrogen (secondary N) is 1. The van der Waals surface area contributed by atoms with E-state index < -0.39 is 6.10 Å². The molecule has 3 rings (SSSR count). The number of carbonyl (C=O) groups is 1. The Kier molecular flexibility index (Phi) is 5.06. The number of aliphatic hydroxyl groups is 1. The molecule has 24 heavy (non-hydrogen) atoms. The molecule has 2 aromatic rings. The second-order valence-electron chi connectivity index (χ2n) is 5.54. The van der Waals surface area contributed by atoms with E-state index >= 15 is 0 Å². The van der Waals surface area contributed by atoms with Crippen LogP contribution in [0.15, 0.2) is 40.9 Å². The van der Waals surface area contributed by atoms with Gasteiger partial charge in [0.25, 0.3) is 5.91 Å². The molecule has 5 nitrogen and oxygen atoms in total. The summed E-state index contributed by atoms with van der Waals surface area (Å²) in [6.45, 7) is 0.803. The highest BCUT2D eigenvalue weighted by atomic mass is 79.9. The summed E-state index contributed by atoms with van der Waals surface area (Å²) in [5, 5.41) is 13.1. The first-order valence-electron chi connectivity index (χ1n) is 7.64. The summed E-state index contributed by atoms with van der Waals surface area (Å²) in [4.78, 5) is 12.3. The van der Waals surface area contributed by atoms with Crippen LogP contribution in [0.25, 0.3) is 0 Å². The Morgan fingerprint density at radius 1 is 1.38 bits per heavy atom. The molecule has 0 aliphatic carbocycles. The van der Waals surface area contributed by atoms with Crippen molar-refractivity contribution in [1.29, 1.82) is 0 Å². The van der Waals surface area contributed by atoms with Gasteiger partial charge in [0.1, 0.15) is 11.5 Å². The molecule has 126 valence electrons. The molecule has 0 radical (unpaired) electrons. The van der Waals surface area contributed by atoms with Gasteiger partial charge in [0.15, 0.2) is 0 Å². The first kappa shape index (κ1) is 16.8. The lowest BCUT2D eigenvalue weighted by Crippen LogP contribution is -2.28. The van der Waals surface area contributed by atoms with E-state index in [1.807, 2.05) is 18.2 Å². The van der Waals surface area contributed by atoms with Crippen molar-refractivity contribution in [2.24, 2.45) is 0 Å². The fourth-order valence-corrected chi connectivity index (χ4v) is 3.05. The highest BCUT2D eigenvalue weighted by Gasteiger charge is 2.17. The summed E-state index contributed by atoms with van der Waals surface area (Å²) in [6.07, 6.45) is 0.0724. The maximum absolute atomic E-state index is 12.3. The van der Waals surface area contributed by atoms with Gasteiger partial charge < -0.3 is 19.9 Å². The zero-order valence-electron chi connectivity index (χ0n) is 13.2. The summed E-state index contributed by atoms with van der Waals surface area (Å²) in [5.74, 6) is 1.20. The quantitative estimate of drug-likeness (QED) is 0.821. The molecule has 0 unspecified atom stereocenters. The number of rotatable bonds is 5. The molecule has 0 aromatic heterocycles. The summed E-state index contributed by atoms with van der Waals surface area (Å²) in [7, 11) is 1.55. The van der Waals surface area contributed by atoms with Crippen molar-refractivity contribution < 1.29 is 19.4 Å². The number of fused-ring (bicyclic) bond motifs is 1. The number of aliphatic hydroxyl groups excluding tert-OH is 1. The number of halogens is 1. The molecule has 0 spiro atoms. The maximum Gasteiger partial charge on any atom is 0.252 e. The number of amides is 1. The Bertz CT molecular complexity index is 763. The molecule has 2 N–H and O–H groups in total. The summed E-state index contributed by atoms with van der Waals surface area (Å²) in [6, 6.07) is 10.8. The molecule has 6 heteroatoms. The van der Waals surface area contributed by atoms with Crippen LogP contribution in [0.5, 0.6) is 11.5 Å². The topological polar surface area (TPSA) is 67.8 Å². The van der Waals surface area contributed by atoms with Crippen molar-refractivity contribution >= 4 is 21.8 Å². The fourth-order valence-electron chi connectivity index (χ4n) is 2.62. The molecule has 1 aliphatic heterocycles. The predicted octanol–water partition coefficient (Wildman–Crippen LogP) is 2.86. The first-order chi connectivity index (χ1) is 11.6. The summed E-state index contributed by atoms with van der Waals surface area (Å²) < 4.78 is 11.3. The van der Waals surface area contributed by atoms with E-state index in [1.54, 1.807) is 25.3 Å². The van der Waals surface area contributed by atoms with Gasteiger partial charge in [0, 0.05) is 17.4 Å². The number of carbonyl (C=O) groups excluding carboxylic acids is 1. The normalized spacial score (nSPS) is 13.8. The molecule has 0 bridgehead atoms. The van der Waals surface area contributed by atoms with E-state index in [9.17, 15) is 9.90 Å². The van der Waals surface area contributed by atoms with Gasteiger partial charge in [-0.3, -0.25) is 4.79 Å². The Hall–Kier alpha value is -2.05. The van der Waals surface area contributed by atoms with Crippen molar-refractivity contribution in [3.05, 3.63) is 57.6 Å². The van der Waals surface area contributed by atoms with Crippen LogP contribution >= 0.6 is 15.9 Å². The molecular formula is C18H18BrNO4. The zero-order valence-corrected chi connectivity index (χ0v) is 14.8. The minimum atomic E-state index is -0.774. The smallest absolute Gasteiger partial charge is 0.252 e. The van der Waals surface area contributed by atoms with Gasteiger partial charge in [-0.15, -0.1) is 0 Å². The Morgan fingerprint density at radius 2 is 2.21 bits per heavy atom. The van der Waals surface area contributed by atoms with E-state index in [1.165, 1.54) is 0 Å². The molecule has 0 saturated heterocycles. The summed E-state index contributed by atoms with van der Waals surface area (Å²) >= 11 is 3.35. The lowest BCUT2D eigenvalue weighted by atomic mass is 10.0. The Labute approximate surface area is 148 Å². The van der Waals surface area contributed by atoms with Crippen LogP contribution in [-0.2, 0) is 6.42 Å². The van der Waals surface area contributed by atoms with Crippen LogP contribution in [0.1, 0.15) is 27.6 Å². The van der Waals surface area contributed by atoms with Crippen molar-refractivity contribution in [3.63, 3.8) is 0 Å². The van der Waals surface area contributed by atoms with Gasteiger partial charge in [-0.25, -0.2) is 0 Å². The third kappa shape index (κ3) is 3.55. The maximum atomic E-state index is 12.3. The van der Waals surface area contributed by atoms with E-state index in [4.69, 9.17) is 9.47 Å². The third-order valence-electron chi connectivity index (χ3n) is 3.97. The standard InChI is InChI=1S/C18H18BrNO4/c1-23-13-3-4-15(19)14(9-13)18(22)20-10-16(21)11-2-5-17-12(8-11)6-7-24-17/h2-5,8-9,16,21H,6-7,10H2,1H3,(H,20,22)/t16-/m1/s1. The fraction of sp³-hybridized carbons (Fsp3) is 0.278. The van der Waals surface area contributed by atoms with E-state index in [-0.39, 0.29) is 12.5 Å². The first-order valence-corrected chi connectivity index (χ1v) is 8.43. The third-order valence-corrected chi connectivity index (χ3v) is 4.66. The van der Waals surface area contributed by atoms with Crippen molar-refractivity contribution in [3.8, 4) is 11.5 Å². The lowest BCUT2D eigenvalue weighted by Gasteiger charge is -2.14. The van der Waals surface area contributed by atoms with Crippen molar-refractivity contribution in [2.45, 2.75) is 12.5 Å². The number of hydrogen-bond donors (Lipinski definition) is 2. The minimum Gasteiger partial charge on any atom is -0.497 e. The van der Waals surface area contributed by atoms with Gasteiger partial charge in [-0.2, -0.15) is 0 Å². The highest BCUT2D eigenvalue weighted by molar-refractivity contribution is 9.10. The molecule has 1 aliphatic rings. The van der Waals surface area contributed by atoms with Gasteiger partial charge >= 0.3 is 0 Å². The minimum absolute atomic E-state index is 0.127. The highest BCUT2D eigenvalue weighted by Crippen LogP contribution is 2.28. The van der Waals surface area contributed by atoms with E-state index in [0.29, 0.717) is 22.4 Å². The number of methoxy groups -OCH3 is 1. The van der Waals surface area contributed by atoms with Crippen LogP contribution in [0.4, 0.5) is 0 Å². The second kappa shape index (κ2) is 7.23. The van der Waals surface area contributed by atoms with E-state index in [0.717, 1.165) is 23.3 Å². The molecular weight excluding hydrogens is 374 g/mol. The van der Waals surface area contributed by atoms with Crippen LogP contribution in [0, 0.1) is 0 Å². The van der Waals surface area contributed by atoms with E-state index in [2.05, 4.69) is 21.2 Å². The average Bonchev–Trinajstić information content (AvgIpc) is 3.07. The number of ether oxygens (including phenoxy) is 2. The number of benzene rings is 2. The van der Waals surface area contributed by atoms with Gasteiger partial charge in [0.2, 0.25) is 0 Å². The SMILES string of the molecule is COc1ccc(Br)c(C(=O)NC[C@@H](O)c2ccc3c(c2)CCO3)c1. The molecule has 1 atom stereocenters. The predicted molar refractivity (Wildman–Crippen MR) is 93.6 cm³/mol. The van der Waals surface area contributed by atoms with Crippen LogP contribution < -0.4 is 14.8 Å². The molecule has 1 heterocycles. The monoisotopic (exact) mass is 391 g/mol. The molecule has 2 aromatic carbocycles. The summed E-state index contributed by atoms with van der Waals surface area (Å²) in [5.41, 5.74) is 2.32. The zero-order chi connectivity index (χ0) is 17.1. The lowest BCUT2D eigenvalue weighted by molar-refractivity contribution is 0.0915. The van der Waals surface area contributed by atoms with Crippen LogP contribution in [0.3, 0.4) is 0 Å². The van der Waals surface area contributed by atoms with Gasteiger partial charge in [-0.05, 0) is 57.4 Å². The molecule has 1 amide bonds. The average molecular weight is 392 g/mol. The van der Waals surface area contributed by atoms with Crippen LogP contribution in [-0.4, -0.2) is 31.3 Å². The molecule has 0 fully saturated rings. The van der Waals surface area contributed by atoms with Gasteiger partial charge in [-0.1, -0.05) is 6.07 Å². The van der Waals surface area contributed by atoms with Crippen molar-refractivity contribution in [1.82, 2.24) is 5.32 Å². The second-order valence-corrected chi connectivity index (χ2v) is 6.39. The Balaban J connectivity index is 1.65.